The second-order valence-corrected chi connectivity index (χ2v) is 4.45. The van der Waals surface area contributed by atoms with Crippen molar-refractivity contribution < 1.29 is 4.79 Å². The van der Waals surface area contributed by atoms with E-state index in [9.17, 15) is 9.59 Å². The number of anilines is 1. The lowest BCUT2D eigenvalue weighted by Gasteiger charge is -2.03. The Morgan fingerprint density at radius 3 is 3.00 bits per heavy atom. The van der Waals surface area contributed by atoms with Gasteiger partial charge in [0, 0.05) is 17.5 Å². The van der Waals surface area contributed by atoms with Gasteiger partial charge in [-0.1, -0.05) is 5.10 Å². The van der Waals surface area contributed by atoms with Crippen LogP contribution in [0.5, 0.6) is 0 Å². The van der Waals surface area contributed by atoms with Crippen molar-refractivity contribution in [2.75, 3.05) is 5.32 Å². The minimum Gasteiger partial charge on any atom is -0.346 e. The highest BCUT2D eigenvalue weighted by molar-refractivity contribution is 5.91. The molecule has 0 aliphatic heterocycles. The van der Waals surface area contributed by atoms with Crippen molar-refractivity contribution in [3.8, 4) is 0 Å². The summed E-state index contributed by atoms with van der Waals surface area (Å²) in [6.07, 6.45) is 1.40. The Kier molecular flexibility index (Phi) is 3.14. The average molecular weight is 285 g/mol. The Morgan fingerprint density at radius 1 is 1.38 bits per heavy atom. The molecule has 0 unspecified atom stereocenters. The van der Waals surface area contributed by atoms with Crippen LogP contribution in [0.2, 0.25) is 0 Å². The Bertz CT molecular complexity index is 854. The number of amides is 1. The standard InChI is InChI=1S/C12H11N7O2/c1-6-2-3-8-10(21)7(5-13-11(8)14-6)4-9(20)15-12-16-18-19-17-12/h2-3,5H,4H2,1H3,(H,13,14,21)(H2,15,16,17,18,19,20). The third-order valence-corrected chi connectivity index (χ3v) is 2.90. The van der Waals surface area contributed by atoms with Crippen molar-refractivity contribution in [2.45, 2.75) is 13.3 Å². The van der Waals surface area contributed by atoms with Gasteiger partial charge in [-0.25, -0.2) is 4.98 Å². The molecule has 0 aromatic carbocycles. The molecule has 3 heterocycles. The highest BCUT2D eigenvalue weighted by Gasteiger charge is 2.12. The summed E-state index contributed by atoms with van der Waals surface area (Å²) in [6.45, 7) is 1.84. The maximum absolute atomic E-state index is 12.3. The summed E-state index contributed by atoms with van der Waals surface area (Å²) in [4.78, 5) is 31.3. The van der Waals surface area contributed by atoms with Gasteiger partial charge < -0.3 is 4.98 Å². The van der Waals surface area contributed by atoms with Crippen LogP contribution in [0.4, 0.5) is 5.95 Å². The maximum Gasteiger partial charge on any atom is 0.269 e. The summed E-state index contributed by atoms with van der Waals surface area (Å²) in [7, 11) is 0. The van der Waals surface area contributed by atoms with E-state index < -0.39 is 5.91 Å². The molecule has 1 amide bonds. The number of hydrogen-bond donors (Lipinski definition) is 3. The van der Waals surface area contributed by atoms with Gasteiger partial charge in [-0.15, -0.1) is 5.10 Å². The molecule has 0 bridgehead atoms. The van der Waals surface area contributed by atoms with Crippen LogP contribution < -0.4 is 10.7 Å². The average Bonchev–Trinajstić information content (AvgIpc) is 2.94. The van der Waals surface area contributed by atoms with E-state index >= 15 is 0 Å². The molecule has 3 rings (SSSR count). The molecule has 0 saturated heterocycles. The molecule has 21 heavy (non-hydrogen) atoms. The fourth-order valence-corrected chi connectivity index (χ4v) is 1.93. The first-order valence-electron chi connectivity index (χ1n) is 6.15. The number of carbonyl (C=O) groups is 1. The number of rotatable bonds is 3. The van der Waals surface area contributed by atoms with Crippen LogP contribution in [0.15, 0.2) is 23.1 Å². The fourth-order valence-electron chi connectivity index (χ4n) is 1.93. The lowest BCUT2D eigenvalue weighted by molar-refractivity contribution is -0.115. The molecular formula is C12H11N7O2. The number of aromatic nitrogens is 6. The molecule has 106 valence electrons. The van der Waals surface area contributed by atoms with E-state index in [1.807, 2.05) is 6.92 Å². The summed E-state index contributed by atoms with van der Waals surface area (Å²) in [5.41, 5.74) is 1.43. The molecule has 9 heteroatoms. The van der Waals surface area contributed by atoms with Gasteiger partial charge in [-0.3, -0.25) is 14.9 Å². The molecule has 0 aliphatic carbocycles. The smallest absolute Gasteiger partial charge is 0.269 e. The predicted octanol–water partition coefficient (Wildman–Crippen LogP) is -0.0742. The fraction of sp³-hybridized carbons (Fsp3) is 0.167. The zero-order valence-corrected chi connectivity index (χ0v) is 11.0. The molecule has 3 aromatic heterocycles. The van der Waals surface area contributed by atoms with Gasteiger partial charge in [0.15, 0.2) is 5.43 Å². The summed E-state index contributed by atoms with van der Waals surface area (Å²) >= 11 is 0. The van der Waals surface area contributed by atoms with Gasteiger partial charge in [-0.2, -0.15) is 5.21 Å². The van der Waals surface area contributed by atoms with Crippen LogP contribution in [0, 0.1) is 6.92 Å². The van der Waals surface area contributed by atoms with Gasteiger partial charge in [-0.05, 0) is 24.3 Å². The van der Waals surface area contributed by atoms with Gasteiger partial charge in [0.25, 0.3) is 5.95 Å². The number of aromatic amines is 2. The molecule has 0 fully saturated rings. The van der Waals surface area contributed by atoms with Gasteiger partial charge in [0.2, 0.25) is 5.91 Å². The molecule has 0 atom stereocenters. The Labute approximate surface area is 117 Å². The lowest BCUT2D eigenvalue weighted by atomic mass is 10.1. The van der Waals surface area contributed by atoms with Gasteiger partial charge in [0.1, 0.15) is 5.65 Å². The van der Waals surface area contributed by atoms with Crippen LogP contribution >= 0.6 is 0 Å². The second-order valence-electron chi connectivity index (χ2n) is 4.45. The van der Waals surface area contributed by atoms with E-state index in [4.69, 9.17) is 0 Å². The van der Waals surface area contributed by atoms with Crippen LogP contribution in [0.25, 0.3) is 11.0 Å². The number of pyridine rings is 2. The largest absolute Gasteiger partial charge is 0.346 e. The zero-order valence-electron chi connectivity index (χ0n) is 11.0. The van der Waals surface area contributed by atoms with Crippen LogP contribution in [0.3, 0.4) is 0 Å². The van der Waals surface area contributed by atoms with E-state index in [0.717, 1.165) is 5.69 Å². The molecule has 3 N–H and O–H groups in total. The van der Waals surface area contributed by atoms with Crippen molar-refractivity contribution >= 4 is 22.9 Å². The molecule has 0 radical (unpaired) electrons. The number of aryl methyl sites for hydroxylation is 1. The SMILES string of the molecule is Cc1ccc2c(=O)c(CC(=O)Nc3nn[nH]n3)c[nH]c2n1. The topological polar surface area (TPSA) is 129 Å². The zero-order chi connectivity index (χ0) is 14.8. The van der Waals surface area contributed by atoms with Crippen molar-refractivity contribution in [2.24, 2.45) is 0 Å². The number of nitrogens with one attached hydrogen (secondary N) is 3. The van der Waals surface area contributed by atoms with E-state index in [-0.39, 0.29) is 17.8 Å². The van der Waals surface area contributed by atoms with E-state index in [2.05, 4.69) is 35.9 Å². The van der Waals surface area contributed by atoms with E-state index in [1.165, 1.54) is 6.20 Å². The Morgan fingerprint density at radius 2 is 2.24 bits per heavy atom. The first-order valence-corrected chi connectivity index (χ1v) is 6.15. The van der Waals surface area contributed by atoms with Crippen molar-refractivity contribution in [1.29, 1.82) is 0 Å². The summed E-state index contributed by atoms with van der Waals surface area (Å²) < 4.78 is 0. The van der Waals surface area contributed by atoms with Crippen LogP contribution in [0.1, 0.15) is 11.3 Å². The minimum atomic E-state index is -0.402. The lowest BCUT2D eigenvalue weighted by Crippen LogP contribution is -2.21. The first kappa shape index (κ1) is 12.9. The Hall–Kier alpha value is -3.10. The normalized spacial score (nSPS) is 10.7. The Balaban J connectivity index is 1.87. The number of nitrogens with zero attached hydrogens (tertiary/aromatic N) is 4. The molecule has 0 spiro atoms. The first-order chi connectivity index (χ1) is 10.1. The number of carbonyl (C=O) groups excluding carboxylic acids is 1. The van der Waals surface area contributed by atoms with Crippen LogP contribution in [-0.2, 0) is 11.2 Å². The quantitative estimate of drug-likeness (QED) is 0.617. The van der Waals surface area contributed by atoms with Gasteiger partial charge >= 0.3 is 0 Å². The third kappa shape index (κ3) is 2.61. The van der Waals surface area contributed by atoms with E-state index in [1.54, 1.807) is 12.1 Å². The number of tetrazole rings is 1. The van der Waals surface area contributed by atoms with Gasteiger partial charge in [0.05, 0.1) is 11.8 Å². The van der Waals surface area contributed by atoms with E-state index in [0.29, 0.717) is 16.6 Å². The molecule has 3 aromatic rings. The van der Waals surface area contributed by atoms with Crippen LogP contribution in [-0.4, -0.2) is 36.5 Å². The maximum atomic E-state index is 12.3. The highest BCUT2D eigenvalue weighted by Crippen LogP contribution is 2.07. The van der Waals surface area contributed by atoms with Crippen molar-refractivity contribution in [1.82, 2.24) is 30.6 Å². The number of H-pyrrole nitrogens is 2. The summed E-state index contributed by atoms with van der Waals surface area (Å²) in [6, 6.07) is 3.44. The third-order valence-electron chi connectivity index (χ3n) is 2.90. The second kappa shape index (κ2) is 5.12. The number of fused-ring (bicyclic) bond motifs is 1. The predicted molar refractivity (Wildman–Crippen MR) is 73.6 cm³/mol. The highest BCUT2D eigenvalue weighted by atomic mass is 16.2. The van der Waals surface area contributed by atoms with Crippen molar-refractivity contribution in [3.05, 3.63) is 39.8 Å². The summed E-state index contributed by atoms with van der Waals surface area (Å²) in [5.74, 6) is -0.337. The molecule has 0 saturated carbocycles. The monoisotopic (exact) mass is 285 g/mol. The molecule has 0 aliphatic rings. The number of hydrogen-bond acceptors (Lipinski definition) is 6. The molecular weight excluding hydrogens is 274 g/mol. The molecule has 9 nitrogen and oxygen atoms in total. The minimum absolute atomic E-state index is 0.0644. The van der Waals surface area contributed by atoms with Crippen molar-refractivity contribution in [3.63, 3.8) is 0 Å². The summed E-state index contributed by atoms with van der Waals surface area (Å²) in [5, 5.41) is 15.6.